The average Bonchev–Trinajstić information content (AvgIpc) is 3.53. The zero-order valence-corrected chi connectivity index (χ0v) is 18.3. The molecule has 1 saturated carbocycles. The second-order valence-corrected chi connectivity index (χ2v) is 8.48. The molecule has 0 bridgehead atoms. The molecule has 0 aliphatic heterocycles. The Balaban J connectivity index is 1.50. The summed E-state index contributed by atoms with van der Waals surface area (Å²) < 4.78 is 1.42. The molecule has 166 valence electrons. The number of anilines is 1. The summed E-state index contributed by atoms with van der Waals surface area (Å²) in [6, 6.07) is 16.5. The summed E-state index contributed by atoms with van der Waals surface area (Å²) in [5, 5.41) is 20.8. The Morgan fingerprint density at radius 1 is 1.12 bits per heavy atom. The van der Waals surface area contributed by atoms with Crippen LogP contribution in [0.2, 0.25) is 0 Å². The number of phenolic OH excluding ortho intramolecular Hbond substituents is 1. The number of nitrogens with one attached hydrogen (secondary N) is 2. The number of benzene rings is 2. The zero-order valence-electron chi connectivity index (χ0n) is 18.3. The molecule has 0 spiro atoms. The minimum Gasteiger partial charge on any atom is -0.507 e. The van der Waals surface area contributed by atoms with Gasteiger partial charge in [0, 0.05) is 35.7 Å². The van der Waals surface area contributed by atoms with E-state index in [-0.39, 0.29) is 23.6 Å². The predicted octanol–water partition coefficient (Wildman–Crippen LogP) is 4.53. The van der Waals surface area contributed by atoms with E-state index in [4.69, 9.17) is 0 Å². The van der Waals surface area contributed by atoms with Crippen molar-refractivity contribution in [3.63, 3.8) is 0 Å². The van der Waals surface area contributed by atoms with Gasteiger partial charge in [-0.2, -0.15) is 9.78 Å². The van der Waals surface area contributed by atoms with Gasteiger partial charge in [-0.05, 0) is 43.0 Å². The van der Waals surface area contributed by atoms with Crippen LogP contribution in [0.15, 0.2) is 54.6 Å². The molecule has 3 aromatic rings. The Bertz CT molecular complexity index is 1120. The third kappa shape index (κ3) is 4.99. The van der Waals surface area contributed by atoms with Crippen molar-refractivity contribution in [1.82, 2.24) is 15.1 Å². The van der Waals surface area contributed by atoms with Crippen LogP contribution in [0.4, 0.5) is 10.5 Å². The molecule has 7 heteroatoms. The van der Waals surface area contributed by atoms with E-state index < -0.39 is 0 Å². The molecule has 7 nitrogen and oxygen atoms in total. The van der Waals surface area contributed by atoms with Crippen molar-refractivity contribution in [2.45, 2.75) is 39.0 Å². The van der Waals surface area contributed by atoms with Crippen LogP contribution in [0.1, 0.15) is 43.9 Å². The Morgan fingerprint density at radius 2 is 1.88 bits per heavy atom. The normalized spacial score (nSPS) is 13.2. The van der Waals surface area contributed by atoms with Crippen molar-refractivity contribution in [2.75, 3.05) is 11.9 Å². The maximum atomic E-state index is 12.8. The van der Waals surface area contributed by atoms with Gasteiger partial charge in [0.25, 0.3) is 0 Å². The summed E-state index contributed by atoms with van der Waals surface area (Å²) in [4.78, 5) is 24.7. The lowest BCUT2D eigenvalue weighted by atomic mass is 10.1. The van der Waals surface area contributed by atoms with Crippen LogP contribution in [0.3, 0.4) is 0 Å². The summed E-state index contributed by atoms with van der Waals surface area (Å²) in [5.74, 6) is 0.0320. The first-order chi connectivity index (χ1) is 15.4. The highest BCUT2D eigenvalue weighted by Gasteiger charge is 2.30. The van der Waals surface area contributed by atoms with E-state index in [2.05, 4.69) is 15.7 Å². The van der Waals surface area contributed by atoms with Crippen LogP contribution in [-0.4, -0.2) is 33.4 Å². The lowest BCUT2D eigenvalue weighted by Crippen LogP contribution is -2.32. The summed E-state index contributed by atoms with van der Waals surface area (Å²) in [6.07, 6.45) is 2.78. The van der Waals surface area contributed by atoms with Crippen molar-refractivity contribution in [1.29, 1.82) is 0 Å². The van der Waals surface area contributed by atoms with Crippen molar-refractivity contribution in [3.8, 4) is 17.0 Å². The Morgan fingerprint density at radius 3 is 2.53 bits per heavy atom. The van der Waals surface area contributed by atoms with E-state index in [1.54, 1.807) is 26.0 Å². The van der Waals surface area contributed by atoms with Gasteiger partial charge < -0.3 is 15.7 Å². The monoisotopic (exact) mass is 432 g/mol. The SMILES string of the molecule is CC(C)C(=O)Nc1ccc(-c2cc(C3CC3)n(C(=O)NCCc3ccccc3)n2)c(O)c1. The lowest BCUT2D eigenvalue weighted by Gasteiger charge is -2.09. The van der Waals surface area contributed by atoms with Gasteiger partial charge in [-0.3, -0.25) is 4.79 Å². The second kappa shape index (κ2) is 9.26. The number of carbonyl (C=O) groups excluding carboxylic acids is 2. The van der Waals surface area contributed by atoms with Crippen LogP contribution in [0.5, 0.6) is 5.75 Å². The first-order valence-electron chi connectivity index (χ1n) is 11.0. The summed E-state index contributed by atoms with van der Waals surface area (Å²) in [5.41, 5.74) is 3.58. The van der Waals surface area contributed by atoms with Gasteiger partial charge in [-0.1, -0.05) is 44.2 Å². The number of phenols is 1. The number of hydrogen-bond acceptors (Lipinski definition) is 4. The molecular formula is C25H28N4O3. The first kappa shape index (κ1) is 21.6. The standard InChI is InChI=1S/C25H28N4O3/c1-16(2)24(31)27-19-10-11-20(23(30)14-19)21-15-22(18-8-9-18)29(28-21)25(32)26-13-12-17-6-4-3-5-7-17/h3-7,10-11,14-16,18,30H,8-9,12-13H2,1-2H3,(H,26,32)(H,27,31). The van der Waals surface area contributed by atoms with Crippen LogP contribution < -0.4 is 10.6 Å². The molecule has 4 rings (SSSR count). The van der Waals surface area contributed by atoms with Crippen LogP contribution in [0.25, 0.3) is 11.3 Å². The topological polar surface area (TPSA) is 96.3 Å². The fraction of sp³-hybridized carbons (Fsp3) is 0.320. The number of nitrogens with zero attached hydrogens (tertiary/aromatic N) is 2. The highest BCUT2D eigenvalue weighted by Crippen LogP contribution is 2.42. The number of amides is 2. The van der Waals surface area contributed by atoms with Gasteiger partial charge in [0.1, 0.15) is 5.75 Å². The smallest absolute Gasteiger partial charge is 0.342 e. The molecule has 1 aliphatic rings. The second-order valence-electron chi connectivity index (χ2n) is 8.48. The molecule has 3 N–H and O–H groups in total. The summed E-state index contributed by atoms with van der Waals surface area (Å²) >= 11 is 0. The van der Waals surface area contributed by atoms with E-state index in [1.807, 2.05) is 36.4 Å². The fourth-order valence-electron chi connectivity index (χ4n) is 3.51. The van der Waals surface area contributed by atoms with Crippen molar-refractivity contribution < 1.29 is 14.7 Å². The van der Waals surface area contributed by atoms with Gasteiger partial charge in [0.05, 0.1) is 11.4 Å². The van der Waals surface area contributed by atoms with E-state index in [0.717, 1.165) is 30.5 Å². The maximum absolute atomic E-state index is 12.8. The number of aromatic hydroxyl groups is 1. The molecule has 1 fully saturated rings. The average molecular weight is 433 g/mol. The van der Waals surface area contributed by atoms with E-state index in [9.17, 15) is 14.7 Å². The van der Waals surface area contributed by atoms with Gasteiger partial charge in [0.15, 0.2) is 0 Å². The largest absolute Gasteiger partial charge is 0.507 e. The zero-order chi connectivity index (χ0) is 22.7. The Kier molecular flexibility index (Phi) is 6.25. The summed E-state index contributed by atoms with van der Waals surface area (Å²) in [6.45, 7) is 4.12. The Labute approximate surface area is 187 Å². The van der Waals surface area contributed by atoms with Gasteiger partial charge in [-0.15, -0.1) is 0 Å². The third-order valence-electron chi connectivity index (χ3n) is 5.52. The number of aromatic nitrogens is 2. The molecule has 1 heterocycles. The molecule has 2 amide bonds. The first-order valence-corrected chi connectivity index (χ1v) is 11.0. The van der Waals surface area contributed by atoms with E-state index in [1.165, 1.54) is 10.7 Å². The lowest BCUT2D eigenvalue weighted by molar-refractivity contribution is -0.118. The van der Waals surface area contributed by atoms with Gasteiger partial charge in [-0.25, -0.2) is 4.79 Å². The van der Waals surface area contributed by atoms with Gasteiger partial charge in [0.2, 0.25) is 5.91 Å². The molecular weight excluding hydrogens is 404 g/mol. The maximum Gasteiger partial charge on any atom is 0.342 e. The Hall–Kier alpha value is -3.61. The molecule has 0 saturated heterocycles. The minimum absolute atomic E-state index is 0.00281. The van der Waals surface area contributed by atoms with Gasteiger partial charge >= 0.3 is 6.03 Å². The quantitative estimate of drug-likeness (QED) is 0.511. The summed E-state index contributed by atoms with van der Waals surface area (Å²) in [7, 11) is 0. The number of carbonyl (C=O) groups is 2. The molecule has 1 aromatic heterocycles. The highest BCUT2D eigenvalue weighted by atomic mass is 16.3. The fourth-order valence-corrected chi connectivity index (χ4v) is 3.51. The van der Waals surface area contributed by atoms with Crippen molar-refractivity contribution >= 4 is 17.6 Å². The third-order valence-corrected chi connectivity index (χ3v) is 5.52. The van der Waals surface area contributed by atoms with Crippen LogP contribution in [-0.2, 0) is 11.2 Å². The predicted molar refractivity (Wildman–Crippen MR) is 124 cm³/mol. The van der Waals surface area contributed by atoms with E-state index >= 15 is 0 Å². The molecule has 2 aromatic carbocycles. The molecule has 1 aliphatic carbocycles. The number of rotatable bonds is 7. The van der Waals surface area contributed by atoms with Crippen LogP contribution in [0, 0.1) is 5.92 Å². The molecule has 0 radical (unpaired) electrons. The van der Waals surface area contributed by atoms with Crippen molar-refractivity contribution in [2.24, 2.45) is 5.92 Å². The van der Waals surface area contributed by atoms with E-state index in [0.29, 0.717) is 29.4 Å². The number of hydrogen-bond donors (Lipinski definition) is 3. The van der Waals surface area contributed by atoms with Crippen LogP contribution >= 0.6 is 0 Å². The highest BCUT2D eigenvalue weighted by molar-refractivity contribution is 5.92. The molecule has 32 heavy (non-hydrogen) atoms. The molecule has 0 unspecified atom stereocenters. The van der Waals surface area contributed by atoms with Crippen molar-refractivity contribution in [3.05, 3.63) is 65.9 Å². The minimum atomic E-state index is -0.269. The molecule has 0 atom stereocenters.